The molecule has 0 aliphatic heterocycles. The summed E-state index contributed by atoms with van der Waals surface area (Å²) in [6, 6.07) is 13.2. The predicted molar refractivity (Wildman–Crippen MR) is 94.1 cm³/mol. The molecule has 0 saturated carbocycles. The Kier molecular flexibility index (Phi) is 4.39. The third kappa shape index (κ3) is 3.76. The SMILES string of the molecule is Cc1ccc(NC(=O)c2ccc(-n3cccn3)cc2)cc1S(N)(=O)=O. The Morgan fingerprint density at radius 1 is 1.16 bits per heavy atom. The fourth-order valence-electron chi connectivity index (χ4n) is 2.37. The molecule has 1 aromatic heterocycles. The highest BCUT2D eigenvalue weighted by molar-refractivity contribution is 7.89. The highest BCUT2D eigenvalue weighted by atomic mass is 32.2. The molecule has 0 fully saturated rings. The molecule has 0 saturated heterocycles. The standard InChI is InChI=1S/C17H16N4O3S/c1-12-3-6-14(11-16(12)25(18,23)24)20-17(22)13-4-7-15(8-5-13)21-10-2-9-19-21/h2-11H,1H3,(H,20,22)(H2,18,23,24). The molecule has 7 nitrogen and oxygen atoms in total. The molecule has 0 unspecified atom stereocenters. The van der Waals surface area contributed by atoms with Crippen LogP contribution in [0.3, 0.4) is 0 Å². The zero-order valence-corrected chi connectivity index (χ0v) is 14.2. The van der Waals surface area contributed by atoms with Gasteiger partial charge in [0.2, 0.25) is 10.0 Å². The Hall–Kier alpha value is -2.97. The van der Waals surface area contributed by atoms with E-state index < -0.39 is 10.0 Å². The third-order valence-electron chi connectivity index (χ3n) is 3.65. The lowest BCUT2D eigenvalue weighted by Gasteiger charge is -2.09. The van der Waals surface area contributed by atoms with Crippen molar-refractivity contribution in [3.8, 4) is 5.69 Å². The number of aryl methyl sites for hydroxylation is 1. The van der Waals surface area contributed by atoms with Crippen molar-refractivity contribution in [2.24, 2.45) is 5.14 Å². The van der Waals surface area contributed by atoms with Gasteiger partial charge in [0, 0.05) is 23.6 Å². The first-order valence-corrected chi connectivity index (χ1v) is 8.94. The molecule has 0 radical (unpaired) electrons. The van der Waals surface area contributed by atoms with E-state index in [1.807, 2.05) is 0 Å². The van der Waals surface area contributed by atoms with Gasteiger partial charge in [-0.25, -0.2) is 18.2 Å². The Bertz CT molecular complexity index is 1010. The largest absolute Gasteiger partial charge is 0.322 e. The summed E-state index contributed by atoms with van der Waals surface area (Å²) in [6.07, 6.45) is 3.47. The zero-order valence-electron chi connectivity index (χ0n) is 13.4. The first-order valence-electron chi connectivity index (χ1n) is 7.39. The first-order chi connectivity index (χ1) is 11.8. The van der Waals surface area contributed by atoms with E-state index in [0.29, 0.717) is 16.8 Å². The third-order valence-corrected chi connectivity index (χ3v) is 4.70. The number of hydrogen-bond donors (Lipinski definition) is 2. The average molecular weight is 356 g/mol. The van der Waals surface area contributed by atoms with Gasteiger partial charge >= 0.3 is 0 Å². The second-order valence-electron chi connectivity index (χ2n) is 5.48. The lowest BCUT2D eigenvalue weighted by atomic mass is 10.1. The predicted octanol–water partition coefficient (Wildman–Crippen LogP) is 2.08. The lowest BCUT2D eigenvalue weighted by molar-refractivity contribution is 0.102. The molecular weight excluding hydrogens is 340 g/mol. The molecule has 8 heteroatoms. The van der Waals surface area contributed by atoms with Crippen molar-refractivity contribution >= 4 is 21.6 Å². The van der Waals surface area contributed by atoms with E-state index in [9.17, 15) is 13.2 Å². The van der Waals surface area contributed by atoms with Crippen LogP contribution in [-0.2, 0) is 10.0 Å². The summed E-state index contributed by atoms with van der Waals surface area (Å²) in [5.41, 5.74) is 2.14. The van der Waals surface area contributed by atoms with E-state index in [1.165, 1.54) is 6.07 Å². The van der Waals surface area contributed by atoms with Crippen LogP contribution < -0.4 is 10.5 Å². The number of carbonyl (C=O) groups excluding carboxylic acids is 1. The van der Waals surface area contributed by atoms with Crippen LogP contribution in [0.15, 0.2) is 65.8 Å². The van der Waals surface area contributed by atoms with Crippen LogP contribution in [0.5, 0.6) is 0 Å². The number of carbonyl (C=O) groups is 1. The van der Waals surface area contributed by atoms with Gasteiger partial charge in [0.25, 0.3) is 5.91 Å². The van der Waals surface area contributed by atoms with Crippen molar-refractivity contribution in [3.05, 3.63) is 72.1 Å². The summed E-state index contributed by atoms with van der Waals surface area (Å²) in [6.45, 7) is 1.64. The van der Waals surface area contributed by atoms with Crippen molar-refractivity contribution in [3.63, 3.8) is 0 Å². The van der Waals surface area contributed by atoms with Crippen molar-refractivity contribution in [2.45, 2.75) is 11.8 Å². The molecule has 0 aliphatic rings. The summed E-state index contributed by atoms with van der Waals surface area (Å²) in [5, 5.41) is 12.0. The number of anilines is 1. The lowest BCUT2D eigenvalue weighted by Crippen LogP contribution is -2.16. The molecule has 3 rings (SSSR count). The van der Waals surface area contributed by atoms with E-state index in [-0.39, 0.29) is 10.8 Å². The van der Waals surface area contributed by atoms with Crippen molar-refractivity contribution in [1.29, 1.82) is 0 Å². The Morgan fingerprint density at radius 3 is 2.48 bits per heavy atom. The molecule has 3 N–H and O–H groups in total. The molecule has 0 bridgehead atoms. The maximum absolute atomic E-state index is 12.3. The van der Waals surface area contributed by atoms with Gasteiger partial charge in [-0.05, 0) is 55.0 Å². The number of nitrogens with two attached hydrogens (primary N) is 1. The maximum atomic E-state index is 12.3. The summed E-state index contributed by atoms with van der Waals surface area (Å²) < 4.78 is 24.8. The first kappa shape index (κ1) is 16.9. The topological polar surface area (TPSA) is 107 Å². The van der Waals surface area contributed by atoms with Crippen molar-refractivity contribution in [1.82, 2.24) is 9.78 Å². The summed E-state index contributed by atoms with van der Waals surface area (Å²) in [7, 11) is -3.85. The van der Waals surface area contributed by atoms with Gasteiger partial charge in [-0.1, -0.05) is 6.07 Å². The maximum Gasteiger partial charge on any atom is 0.255 e. The van der Waals surface area contributed by atoms with Crippen LogP contribution in [0.4, 0.5) is 5.69 Å². The van der Waals surface area contributed by atoms with Crippen LogP contribution in [0.25, 0.3) is 5.69 Å². The van der Waals surface area contributed by atoms with E-state index in [1.54, 1.807) is 66.5 Å². The fraction of sp³-hybridized carbons (Fsp3) is 0.0588. The number of aromatic nitrogens is 2. The minimum atomic E-state index is -3.85. The molecule has 0 atom stereocenters. The molecule has 3 aromatic rings. The summed E-state index contributed by atoms with van der Waals surface area (Å²) >= 11 is 0. The van der Waals surface area contributed by atoms with Gasteiger partial charge in [0.05, 0.1) is 10.6 Å². The smallest absolute Gasteiger partial charge is 0.255 e. The normalized spacial score (nSPS) is 11.3. The summed E-state index contributed by atoms with van der Waals surface area (Å²) in [5.74, 6) is -0.351. The van der Waals surface area contributed by atoms with Crippen LogP contribution in [-0.4, -0.2) is 24.1 Å². The van der Waals surface area contributed by atoms with E-state index >= 15 is 0 Å². The Morgan fingerprint density at radius 2 is 1.88 bits per heavy atom. The van der Waals surface area contributed by atoms with E-state index in [4.69, 9.17) is 5.14 Å². The number of amides is 1. The minimum Gasteiger partial charge on any atom is -0.322 e. The Balaban J connectivity index is 1.81. The highest BCUT2D eigenvalue weighted by Gasteiger charge is 2.14. The highest BCUT2D eigenvalue weighted by Crippen LogP contribution is 2.20. The van der Waals surface area contributed by atoms with Crippen molar-refractivity contribution in [2.75, 3.05) is 5.32 Å². The quantitative estimate of drug-likeness (QED) is 0.746. The number of benzene rings is 2. The van der Waals surface area contributed by atoms with Crippen LogP contribution in [0, 0.1) is 6.92 Å². The molecule has 25 heavy (non-hydrogen) atoms. The molecule has 1 amide bonds. The fourth-order valence-corrected chi connectivity index (χ4v) is 3.18. The van der Waals surface area contributed by atoms with Gasteiger partial charge in [0.1, 0.15) is 0 Å². The van der Waals surface area contributed by atoms with Gasteiger partial charge in [-0.2, -0.15) is 5.10 Å². The molecule has 0 aliphatic carbocycles. The number of primary sulfonamides is 1. The molecule has 128 valence electrons. The van der Waals surface area contributed by atoms with Crippen LogP contribution >= 0.6 is 0 Å². The average Bonchev–Trinajstić information content (AvgIpc) is 3.10. The number of nitrogens with one attached hydrogen (secondary N) is 1. The molecule has 2 aromatic carbocycles. The van der Waals surface area contributed by atoms with Gasteiger partial charge in [-0.15, -0.1) is 0 Å². The van der Waals surface area contributed by atoms with Gasteiger partial charge in [0.15, 0.2) is 0 Å². The molecule has 1 heterocycles. The number of rotatable bonds is 4. The van der Waals surface area contributed by atoms with E-state index in [0.717, 1.165) is 5.69 Å². The number of nitrogens with zero attached hydrogens (tertiary/aromatic N) is 2. The van der Waals surface area contributed by atoms with Gasteiger partial charge in [-0.3, -0.25) is 4.79 Å². The van der Waals surface area contributed by atoms with Crippen LogP contribution in [0.1, 0.15) is 15.9 Å². The number of sulfonamides is 1. The zero-order chi connectivity index (χ0) is 18.0. The molecular formula is C17H16N4O3S. The van der Waals surface area contributed by atoms with E-state index in [2.05, 4.69) is 10.4 Å². The van der Waals surface area contributed by atoms with Crippen LogP contribution in [0.2, 0.25) is 0 Å². The second kappa shape index (κ2) is 6.50. The van der Waals surface area contributed by atoms with Crippen molar-refractivity contribution < 1.29 is 13.2 Å². The monoisotopic (exact) mass is 356 g/mol. The number of hydrogen-bond acceptors (Lipinski definition) is 4. The minimum absolute atomic E-state index is 0.0145. The van der Waals surface area contributed by atoms with Gasteiger partial charge < -0.3 is 5.32 Å². The second-order valence-corrected chi connectivity index (χ2v) is 7.01. The Labute approximate surface area is 145 Å². The summed E-state index contributed by atoms with van der Waals surface area (Å²) in [4.78, 5) is 12.3. The molecule has 0 spiro atoms.